The second kappa shape index (κ2) is 4.20. The van der Waals surface area contributed by atoms with Gasteiger partial charge in [-0.3, -0.25) is 20.1 Å². The molecule has 15 heavy (non-hydrogen) atoms. The highest BCUT2D eigenvalue weighted by molar-refractivity contribution is 6.32. The van der Waals surface area contributed by atoms with Crippen LogP contribution in [0.2, 0.25) is 5.15 Å². The van der Waals surface area contributed by atoms with Crippen molar-refractivity contribution < 1.29 is 14.9 Å². The van der Waals surface area contributed by atoms with E-state index in [-0.39, 0.29) is 21.5 Å². The van der Waals surface area contributed by atoms with Crippen LogP contribution < -0.4 is 0 Å². The molecule has 1 amide bonds. The van der Waals surface area contributed by atoms with Crippen LogP contribution in [0.5, 0.6) is 0 Å². The molecule has 0 fully saturated rings. The molecule has 0 radical (unpaired) electrons. The van der Waals surface area contributed by atoms with Crippen LogP contribution in [0.3, 0.4) is 0 Å². The summed E-state index contributed by atoms with van der Waals surface area (Å²) in [6.45, 7) is 0. The van der Waals surface area contributed by atoms with Gasteiger partial charge >= 0.3 is 0 Å². The van der Waals surface area contributed by atoms with Crippen molar-refractivity contribution in [1.29, 1.82) is 0 Å². The summed E-state index contributed by atoms with van der Waals surface area (Å²) in [6.07, 6.45) is 0.927. The van der Waals surface area contributed by atoms with Gasteiger partial charge in [0.05, 0.1) is 10.5 Å². The maximum Gasteiger partial charge on any atom is 0.288 e. The van der Waals surface area contributed by atoms with Gasteiger partial charge in [0.25, 0.3) is 11.6 Å². The van der Waals surface area contributed by atoms with Crippen molar-refractivity contribution in [2.45, 2.75) is 0 Å². The van der Waals surface area contributed by atoms with Gasteiger partial charge in [-0.1, -0.05) is 11.6 Å². The molecule has 1 N–H and O–H groups in total. The topological polar surface area (TPSA) is 96.6 Å². The largest absolute Gasteiger partial charge is 0.288 e. The number of carbonyl (C=O) groups is 1. The molecule has 8 heteroatoms. The second-order valence-electron chi connectivity index (χ2n) is 2.62. The molecule has 80 valence electrons. The quantitative estimate of drug-likeness (QED) is 0.356. The predicted octanol–water partition coefficient (Wildman–Crippen LogP) is 1.10. The first-order valence-electron chi connectivity index (χ1n) is 3.70. The number of hydroxylamine groups is 2. The average molecular weight is 232 g/mol. The van der Waals surface area contributed by atoms with Crippen molar-refractivity contribution in [3.8, 4) is 0 Å². The van der Waals surface area contributed by atoms with Gasteiger partial charge in [-0.25, -0.2) is 10.0 Å². The number of aromatic nitrogens is 1. The number of amides is 1. The predicted molar refractivity (Wildman–Crippen MR) is 49.8 cm³/mol. The van der Waals surface area contributed by atoms with Crippen LogP contribution in [0.15, 0.2) is 12.3 Å². The van der Waals surface area contributed by atoms with E-state index < -0.39 is 10.8 Å². The van der Waals surface area contributed by atoms with E-state index in [1.807, 2.05) is 0 Å². The van der Waals surface area contributed by atoms with E-state index in [0.29, 0.717) is 0 Å². The molecule has 0 bridgehead atoms. The Morgan fingerprint density at radius 3 is 2.80 bits per heavy atom. The molecular weight excluding hydrogens is 226 g/mol. The summed E-state index contributed by atoms with van der Waals surface area (Å²) in [5, 5.41) is 19.3. The van der Waals surface area contributed by atoms with E-state index in [9.17, 15) is 14.9 Å². The van der Waals surface area contributed by atoms with Crippen molar-refractivity contribution >= 4 is 23.2 Å². The zero-order chi connectivity index (χ0) is 11.6. The molecule has 0 spiro atoms. The number of nitrogens with zero attached hydrogens (tertiary/aromatic N) is 3. The number of halogens is 1. The first-order chi connectivity index (χ1) is 6.93. The molecule has 0 saturated heterocycles. The number of hydrogen-bond donors (Lipinski definition) is 1. The minimum Gasteiger partial charge on any atom is -0.286 e. The first kappa shape index (κ1) is 11.3. The van der Waals surface area contributed by atoms with Crippen molar-refractivity contribution in [2.24, 2.45) is 0 Å². The monoisotopic (exact) mass is 231 g/mol. The Morgan fingerprint density at radius 2 is 2.33 bits per heavy atom. The fourth-order valence-electron chi connectivity index (χ4n) is 0.861. The summed E-state index contributed by atoms with van der Waals surface area (Å²) in [7, 11) is 1.08. The first-order valence-corrected chi connectivity index (χ1v) is 4.08. The van der Waals surface area contributed by atoms with Crippen LogP contribution in [0, 0.1) is 10.1 Å². The standard InChI is InChI=1S/C7H6ClN3O4/c1-10(13)7(12)5-2-4(11(14)15)3-9-6(5)8/h2-3,13H,1H3. The lowest BCUT2D eigenvalue weighted by Gasteiger charge is -2.08. The van der Waals surface area contributed by atoms with Gasteiger partial charge in [0, 0.05) is 13.1 Å². The van der Waals surface area contributed by atoms with Gasteiger partial charge in [-0.05, 0) is 0 Å². The van der Waals surface area contributed by atoms with Crippen molar-refractivity contribution in [3.05, 3.63) is 33.1 Å². The molecule has 7 nitrogen and oxygen atoms in total. The van der Waals surface area contributed by atoms with Crippen LogP contribution in [0.4, 0.5) is 5.69 Å². The fraction of sp³-hybridized carbons (Fsp3) is 0.143. The highest BCUT2D eigenvalue weighted by Crippen LogP contribution is 2.19. The van der Waals surface area contributed by atoms with E-state index in [0.717, 1.165) is 19.3 Å². The van der Waals surface area contributed by atoms with Gasteiger partial charge in [0.15, 0.2) is 0 Å². The molecule has 1 rings (SSSR count). The van der Waals surface area contributed by atoms with Crippen LogP contribution in [-0.4, -0.2) is 33.1 Å². The third-order valence-corrected chi connectivity index (χ3v) is 1.86. The SMILES string of the molecule is CN(O)C(=O)c1cc([N+](=O)[O-])cnc1Cl. The smallest absolute Gasteiger partial charge is 0.286 e. The Labute approximate surface area is 89.0 Å². The highest BCUT2D eigenvalue weighted by Gasteiger charge is 2.19. The number of hydrogen-bond acceptors (Lipinski definition) is 5. The molecule has 0 aliphatic rings. The van der Waals surface area contributed by atoms with E-state index in [1.54, 1.807) is 0 Å². The lowest BCUT2D eigenvalue weighted by molar-refractivity contribution is -0.385. The summed E-state index contributed by atoms with van der Waals surface area (Å²) in [5.41, 5.74) is -0.597. The highest BCUT2D eigenvalue weighted by atomic mass is 35.5. The number of pyridine rings is 1. The van der Waals surface area contributed by atoms with Gasteiger partial charge < -0.3 is 0 Å². The van der Waals surface area contributed by atoms with Crippen LogP contribution in [-0.2, 0) is 0 Å². The number of nitro groups is 1. The molecule has 0 atom stereocenters. The van der Waals surface area contributed by atoms with Crippen molar-refractivity contribution in [1.82, 2.24) is 10.0 Å². The molecule has 0 unspecified atom stereocenters. The second-order valence-corrected chi connectivity index (χ2v) is 2.98. The zero-order valence-corrected chi connectivity index (χ0v) is 8.30. The molecule has 1 aromatic rings. The number of rotatable bonds is 2. The minimum atomic E-state index is -0.865. The summed E-state index contributed by atoms with van der Waals surface area (Å²) in [5.74, 6) is -0.865. The Balaban J connectivity index is 3.22. The third kappa shape index (κ3) is 2.39. The Morgan fingerprint density at radius 1 is 1.73 bits per heavy atom. The summed E-state index contributed by atoms with van der Waals surface area (Å²) in [6, 6.07) is 0.949. The van der Waals surface area contributed by atoms with E-state index in [4.69, 9.17) is 16.8 Å². The van der Waals surface area contributed by atoms with Gasteiger partial charge in [-0.2, -0.15) is 0 Å². The van der Waals surface area contributed by atoms with E-state index in [1.165, 1.54) is 0 Å². The maximum absolute atomic E-state index is 11.3. The fourth-order valence-corrected chi connectivity index (χ4v) is 1.05. The molecule has 1 heterocycles. The van der Waals surface area contributed by atoms with Gasteiger partial charge in [0.2, 0.25) is 0 Å². The molecule has 1 aromatic heterocycles. The van der Waals surface area contributed by atoms with Crippen molar-refractivity contribution in [2.75, 3.05) is 7.05 Å². The molecule has 0 aliphatic carbocycles. The summed E-state index contributed by atoms with van der Waals surface area (Å²) >= 11 is 5.55. The Kier molecular flexibility index (Phi) is 3.17. The average Bonchev–Trinajstić information content (AvgIpc) is 2.16. The Hall–Kier alpha value is -1.73. The zero-order valence-electron chi connectivity index (χ0n) is 7.55. The Bertz CT molecular complexity index is 421. The van der Waals surface area contributed by atoms with Gasteiger partial charge in [-0.15, -0.1) is 0 Å². The van der Waals surface area contributed by atoms with E-state index in [2.05, 4.69) is 4.98 Å². The van der Waals surface area contributed by atoms with Crippen LogP contribution in [0.25, 0.3) is 0 Å². The maximum atomic E-state index is 11.3. The number of carbonyl (C=O) groups excluding carboxylic acids is 1. The normalized spacial score (nSPS) is 9.80. The molecule has 0 aromatic carbocycles. The van der Waals surface area contributed by atoms with Crippen LogP contribution >= 0.6 is 11.6 Å². The van der Waals surface area contributed by atoms with Gasteiger partial charge in [0.1, 0.15) is 11.3 Å². The van der Waals surface area contributed by atoms with Crippen LogP contribution in [0.1, 0.15) is 10.4 Å². The summed E-state index contributed by atoms with van der Waals surface area (Å²) in [4.78, 5) is 24.4. The van der Waals surface area contributed by atoms with E-state index >= 15 is 0 Å². The third-order valence-electron chi connectivity index (χ3n) is 1.56. The lowest BCUT2D eigenvalue weighted by Crippen LogP contribution is -2.23. The molecule has 0 saturated carbocycles. The summed E-state index contributed by atoms with van der Waals surface area (Å²) < 4.78 is 0. The molecule has 0 aliphatic heterocycles. The van der Waals surface area contributed by atoms with Crippen molar-refractivity contribution in [3.63, 3.8) is 0 Å². The lowest BCUT2D eigenvalue weighted by atomic mass is 10.2. The minimum absolute atomic E-state index is 0.202. The molecular formula is C7H6ClN3O4.